The monoisotopic (exact) mass is 265 g/mol. The third-order valence-corrected chi connectivity index (χ3v) is 3.97. The molecule has 0 aromatic carbocycles. The van der Waals surface area contributed by atoms with Gasteiger partial charge in [-0.05, 0) is 31.7 Å². The fraction of sp³-hybridized carbons (Fsp3) is 0.800. The normalized spacial score (nSPS) is 24.6. The minimum absolute atomic E-state index is 0.0837. The Bertz CT molecular complexity index is 394. The molecule has 1 saturated carbocycles. The Balaban J connectivity index is 1.81. The van der Waals surface area contributed by atoms with E-state index in [1.54, 1.807) is 0 Å². The second-order valence-corrected chi connectivity index (χ2v) is 6.84. The van der Waals surface area contributed by atoms with Crippen LogP contribution in [0.2, 0.25) is 0 Å². The molecule has 1 fully saturated rings. The highest BCUT2D eigenvalue weighted by Gasteiger charge is 2.21. The maximum Gasteiger partial charge on any atom is 0.0543 e. The van der Waals surface area contributed by atoms with E-state index in [0.717, 1.165) is 32.4 Å². The number of hydrogen-bond acceptors (Lipinski definition) is 3. The summed E-state index contributed by atoms with van der Waals surface area (Å²) in [6.07, 6.45) is 6.16. The van der Waals surface area contributed by atoms with Crippen LogP contribution < -0.4 is 5.32 Å². The summed E-state index contributed by atoms with van der Waals surface area (Å²) in [5, 5.41) is 20.5. The topological polar surface area (TPSA) is 60.9 Å². The molecule has 0 bridgehead atoms. The van der Waals surface area contributed by atoms with Crippen molar-refractivity contribution in [1.29, 1.82) is 0 Å². The van der Waals surface area contributed by atoms with Crippen molar-refractivity contribution in [3.63, 3.8) is 0 Å². The lowest BCUT2D eigenvalue weighted by Gasteiger charge is -2.26. The molecule has 1 aliphatic rings. The van der Waals surface area contributed by atoms with Crippen molar-refractivity contribution in [2.24, 2.45) is 5.92 Å². The molecule has 1 aromatic rings. The third-order valence-electron chi connectivity index (χ3n) is 3.97. The van der Waals surface area contributed by atoms with Crippen LogP contribution in [0.4, 0.5) is 0 Å². The van der Waals surface area contributed by atoms with E-state index >= 15 is 0 Å². The number of aromatic nitrogens is 2. The average molecular weight is 265 g/mol. The summed E-state index contributed by atoms with van der Waals surface area (Å²) in [5.74, 6) is 0.619. The van der Waals surface area contributed by atoms with E-state index in [1.165, 1.54) is 17.7 Å². The van der Waals surface area contributed by atoms with Crippen molar-refractivity contribution in [2.45, 2.75) is 64.5 Å². The van der Waals surface area contributed by atoms with Gasteiger partial charge in [0.15, 0.2) is 0 Å². The summed E-state index contributed by atoms with van der Waals surface area (Å²) in [7, 11) is 0. The van der Waals surface area contributed by atoms with Crippen LogP contribution in [0.1, 0.15) is 57.7 Å². The second kappa shape index (κ2) is 6.06. The van der Waals surface area contributed by atoms with Gasteiger partial charge in [-0.3, -0.25) is 5.10 Å². The minimum atomic E-state index is -0.0837. The summed E-state index contributed by atoms with van der Waals surface area (Å²) >= 11 is 0. The minimum Gasteiger partial charge on any atom is -0.393 e. The van der Waals surface area contributed by atoms with Crippen LogP contribution in [-0.4, -0.2) is 28.0 Å². The molecule has 0 spiro atoms. The molecule has 4 heteroatoms. The van der Waals surface area contributed by atoms with E-state index in [2.05, 4.69) is 36.3 Å². The van der Waals surface area contributed by atoms with Crippen LogP contribution in [0, 0.1) is 5.92 Å². The van der Waals surface area contributed by atoms with Gasteiger partial charge >= 0.3 is 0 Å². The van der Waals surface area contributed by atoms with Crippen molar-refractivity contribution in [3.8, 4) is 0 Å². The van der Waals surface area contributed by atoms with E-state index in [4.69, 9.17) is 0 Å². The fourth-order valence-corrected chi connectivity index (χ4v) is 2.95. The Kier molecular flexibility index (Phi) is 4.63. The van der Waals surface area contributed by atoms with Crippen LogP contribution in [0.15, 0.2) is 6.20 Å². The van der Waals surface area contributed by atoms with Gasteiger partial charge in [0.1, 0.15) is 0 Å². The predicted octanol–water partition coefficient (Wildman–Crippen LogP) is 2.35. The van der Waals surface area contributed by atoms with Gasteiger partial charge in [0.05, 0.1) is 12.3 Å². The summed E-state index contributed by atoms with van der Waals surface area (Å²) in [6.45, 7) is 8.44. The van der Waals surface area contributed by atoms with Crippen molar-refractivity contribution in [1.82, 2.24) is 15.5 Å². The van der Waals surface area contributed by atoms with E-state index in [0.29, 0.717) is 5.92 Å². The summed E-state index contributed by atoms with van der Waals surface area (Å²) in [6, 6.07) is 0. The summed E-state index contributed by atoms with van der Waals surface area (Å²) in [4.78, 5) is 0. The highest BCUT2D eigenvalue weighted by molar-refractivity contribution is 5.23. The zero-order valence-corrected chi connectivity index (χ0v) is 12.4. The van der Waals surface area contributed by atoms with E-state index in [1.807, 2.05) is 6.20 Å². The molecule has 1 heterocycles. The molecule has 0 saturated heterocycles. The maximum absolute atomic E-state index is 9.67. The zero-order valence-electron chi connectivity index (χ0n) is 12.4. The molecule has 19 heavy (non-hydrogen) atoms. The molecule has 0 radical (unpaired) electrons. The van der Waals surface area contributed by atoms with Gasteiger partial charge in [-0.2, -0.15) is 5.10 Å². The fourth-order valence-electron chi connectivity index (χ4n) is 2.95. The zero-order chi connectivity index (χ0) is 13.9. The predicted molar refractivity (Wildman–Crippen MR) is 77.0 cm³/mol. The van der Waals surface area contributed by atoms with E-state index in [-0.39, 0.29) is 11.5 Å². The molecule has 2 atom stereocenters. The van der Waals surface area contributed by atoms with Crippen LogP contribution >= 0.6 is 0 Å². The first-order valence-corrected chi connectivity index (χ1v) is 7.38. The van der Waals surface area contributed by atoms with Gasteiger partial charge in [-0.25, -0.2) is 0 Å². The van der Waals surface area contributed by atoms with Gasteiger partial charge in [0, 0.05) is 23.2 Å². The van der Waals surface area contributed by atoms with Crippen molar-refractivity contribution < 1.29 is 5.11 Å². The molecule has 3 N–H and O–H groups in total. The van der Waals surface area contributed by atoms with Crippen LogP contribution in [0.3, 0.4) is 0 Å². The number of aliphatic hydroxyl groups excluding tert-OH is 1. The van der Waals surface area contributed by atoms with E-state index in [9.17, 15) is 5.11 Å². The van der Waals surface area contributed by atoms with Gasteiger partial charge in [0.2, 0.25) is 0 Å². The van der Waals surface area contributed by atoms with Gasteiger partial charge < -0.3 is 10.4 Å². The lowest BCUT2D eigenvalue weighted by Crippen LogP contribution is -2.29. The van der Waals surface area contributed by atoms with Gasteiger partial charge in [-0.1, -0.05) is 27.2 Å². The lowest BCUT2D eigenvalue weighted by atomic mass is 9.87. The molecule has 1 aromatic heterocycles. The Morgan fingerprint density at radius 2 is 2.21 bits per heavy atom. The van der Waals surface area contributed by atoms with E-state index < -0.39 is 0 Å². The molecule has 0 amide bonds. The van der Waals surface area contributed by atoms with Gasteiger partial charge in [-0.15, -0.1) is 0 Å². The van der Waals surface area contributed by atoms with Crippen molar-refractivity contribution in [3.05, 3.63) is 17.5 Å². The molecule has 2 unspecified atom stereocenters. The first-order chi connectivity index (χ1) is 8.97. The van der Waals surface area contributed by atoms with Crippen LogP contribution in [0.5, 0.6) is 0 Å². The van der Waals surface area contributed by atoms with Crippen LogP contribution in [0.25, 0.3) is 0 Å². The number of aliphatic hydroxyl groups is 1. The average Bonchev–Trinajstić information content (AvgIpc) is 2.77. The second-order valence-electron chi connectivity index (χ2n) is 6.84. The summed E-state index contributed by atoms with van der Waals surface area (Å²) < 4.78 is 0. The highest BCUT2D eigenvalue weighted by atomic mass is 16.3. The van der Waals surface area contributed by atoms with Crippen molar-refractivity contribution >= 4 is 0 Å². The van der Waals surface area contributed by atoms with Crippen LogP contribution in [-0.2, 0) is 12.0 Å². The SMILES string of the molecule is CC(C)(C)c1[nH]ncc1CNCC1CCCC(O)C1. The Morgan fingerprint density at radius 3 is 2.89 bits per heavy atom. The highest BCUT2D eigenvalue weighted by Crippen LogP contribution is 2.25. The molecule has 0 aliphatic heterocycles. The number of aromatic amines is 1. The Morgan fingerprint density at radius 1 is 1.42 bits per heavy atom. The number of nitrogens with zero attached hydrogens (tertiary/aromatic N) is 1. The lowest BCUT2D eigenvalue weighted by molar-refractivity contribution is 0.101. The quantitative estimate of drug-likeness (QED) is 0.783. The van der Waals surface area contributed by atoms with Crippen molar-refractivity contribution in [2.75, 3.05) is 6.54 Å². The molecular formula is C15H27N3O. The molecule has 2 rings (SSSR count). The molecule has 1 aliphatic carbocycles. The Hall–Kier alpha value is -0.870. The molecule has 108 valence electrons. The number of rotatable bonds is 4. The number of H-pyrrole nitrogens is 1. The number of hydrogen-bond donors (Lipinski definition) is 3. The first-order valence-electron chi connectivity index (χ1n) is 7.38. The Labute approximate surface area is 116 Å². The third kappa shape index (κ3) is 4.05. The molecule has 4 nitrogen and oxygen atoms in total. The van der Waals surface area contributed by atoms with Gasteiger partial charge in [0.25, 0.3) is 0 Å². The smallest absolute Gasteiger partial charge is 0.0543 e. The molecular weight excluding hydrogens is 238 g/mol. The standard InChI is InChI=1S/C15H27N3O/c1-15(2,3)14-12(10-17-18-14)9-16-8-11-5-4-6-13(19)7-11/h10-11,13,16,19H,4-9H2,1-3H3,(H,17,18). The number of nitrogens with one attached hydrogen (secondary N) is 2. The summed E-state index contributed by atoms with van der Waals surface area (Å²) in [5.41, 5.74) is 2.57. The largest absolute Gasteiger partial charge is 0.393 e. The maximum atomic E-state index is 9.67. The first kappa shape index (κ1) is 14.5.